The molecule has 2 saturated heterocycles. The fourth-order valence-corrected chi connectivity index (χ4v) is 7.92. The van der Waals surface area contributed by atoms with Crippen LogP contribution in [0.4, 0.5) is 11.4 Å². The monoisotopic (exact) mass is 562 g/mol. The van der Waals surface area contributed by atoms with Crippen molar-refractivity contribution in [3.05, 3.63) is 96.1 Å². The number of hydrogen-bond acceptors (Lipinski definition) is 6. The lowest BCUT2D eigenvalue weighted by Crippen LogP contribution is -2.48. The summed E-state index contributed by atoms with van der Waals surface area (Å²) in [6, 6.07) is 22.8. The van der Waals surface area contributed by atoms with E-state index in [1.807, 2.05) is 25.1 Å². The number of methoxy groups -OCH3 is 1. The first-order valence-electron chi connectivity index (χ1n) is 14.2. The average molecular weight is 563 g/mol. The van der Waals surface area contributed by atoms with Crippen LogP contribution in [-0.2, 0) is 19.2 Å². The molecule has 8 nitrogen and oxygen atoms in total. The maximum Gasteiger partial charge on any atom is 0.241 e. The summed E-state index contributed by atoms with van der Waals surface area (Å²) in [4.78, 5) is 58.8. The van der Waals surface area contributed by atoms with Gasteiger partial charge in [-0.2, -0.15) is 0 Å². The highest BCUT2D eigenvalue weighted by Crippen LogP contribution is 2.64. The predicted octanol–water partition coefficient (Wildman–Crippen LogP) is 4.84. The van der Waals surface area contributed by atoms with E-state index in [1.165, 1.54) is 23.0 Å². The Bertz CT molecular complexity index is 1670. The third-order valence-corrected chi connectivity index (χ3v) is 9.84. The van der Waals surface area contributed by atoms with Crippen LogP contribution in [0.25, 0.3) is 0 Å². The van der Waals surface area contributed by atoms with Crippen LogP contribution in [0.5, 0.6) is 11.5 Å². The Balaban J connectivity index is 1.38. The highest BCUT2D eigenvalue weighted by Gasteiger charge is 2.67. The first kappa shape index (κ1) is 26.2. The molecule has 2 aliphatic heterocycles. The first-order chi connectivity index (χ1) is 20.3. The van der Waals surface area contributed by atoms with Gasteiger partial charge in [0.15, 0.2) is 11.5 Å². The van der Waals surface area contributed by atoms with Crippen molar-refractivity contribution in [3.63, 3.8) is 0 Å². The normalized spacial score (nSPS) is 30.1. The number of allylic oxidation sites excluding steroid dienone is 2. The lowest BCUT2D eigenvalue weighted by Gasteiger charge is -2.49. The molecule has 3 fully saturated rings. The van der Waals surface area contributed by atoms with Crippen LogP contribution in [0, 0.1) is 29.1 Å². The van der Waals surface area contributed by atoms with Gasteiger partial charge in [-0.1, -0.05) is 54.1 Å². The van der Waals surface area contributed by atoms with Crippen LogP contribution >= 0.6 is 0 Å². The number of phenolic OH excluding ortho intramolecular Hbond substituents is 1. The molecule has 0 unspecified atom stereocenters. The highest BCUT2D eigenvalue weighted by molar-refractivity contribution is 6.25. The van der Waals surface area contributed by atoms with Crippen molar-refractivity contribution in [1.29, 1.82) is 0 Å². The number of nitrogens with zero attached hydrogens (tertiary/aromatic N) is 2. The summed E-state index contributed by atoms with van der Waals surface area (Å²) in [5.41, 5.74) is 1.47. The number of carbonyl (C=O) groups excluding carboxylic acids is 4. The van der Waals surface area contributed by atoms with E-state index in [4.69, 9.17) is 4.74 Å². The molecule has 7 rings (SSSR count). The standard InChI is InChI=1S/C34H30N2O6/c1-34-25(31(39)36(33(34)41)21-11-7-4-8-12-21)18-24-22(29(34)19-13-16-26(37)27(17-19)42-2)14-15-23-28(24)32(40)35(30(23)38)20-9-5-3-6-10-20/h3-14,16-17,23-25,28-29,37H,15,18H2,1-2H3/t23-,24+,25-,28-,29-,34+/m0/s1. The number of hydrogen-bond donors (Lipinski definition) is 1. The van der Waals surface area contributed by atoms with Gasteiger partial charge in [-0.25, -0.2) is 4.90 Å². The minimum atomic E-state index is -1.16. The third kappa shape index (κ3) is 3.47. The van der Waals surface area contributed by atoms with Gasteiger partial charge in [0.25, 0.3) is 0 Å². The van der Waals surface area contributed by atoms with E-state index in [0.717, 1.165) is 5.57 Å². The minimum Gasteiger partial charge on any atom is -0.504 e. The fraction of sp³-hybridized carbons (Fsp3) is 0.294. The number of benzene rings is 3. The summed E-state index contributed by atoms with van der Waals surface area (Å²) in [6.45, 7) is 1.84. The van der Waals surface area contributed by atoms with E-state index in [1.54, 1.807) is 60.7 Å². The number of anilines is 2. The quantitative estimate of drug-likeness (QED) is 0.361. The Morgan fingerprint density at radius 1 is 0.810 bits per heavy atom. The molecule has 0 bridgehead atoms. The Hall–Kier alpha value is -4.72. The van der Waals surface area contributed by atoms with Crippen molar-refractivity contribution in [1.82, 2.24) is 0 Å². The second-order valence-electron chi connectivity index (χ2n) is 11.8. The van der Waals surface area contributed by atoms with E-state index in [2.05, 4.69) is 0 Å². The summed E-state index contributed by atoms with van der Waals surface area (Å²) in [5, 5.41) is 10.4. The van der Waals surface area contributed by atoms with Gasteiger partial charge < -0.3 is 9.84 Å². The maximum absolute atomic E-state index is 14.4. The Morgan fingerprint density at radius 3 is 2.10 bits per heavy atom. The molecule has 6 atom stereocenters. The molecule has 42 heavy (non-hydrogen) atoms. The number of rotatable bonds is 4. The zero-order valence-electron chi connectivity index (χ0n) is 23.3. The molecule has 3 aromatic rings. The van der Waals surface area contributed by atoms with E-state index in [9.17, 15) is 24.3 Å². The number of amides is 4. The Labute approximate surface area is 243 Å². The predicted molar refractivity (Wildman–Crippen MR) is 155 cm³/mol. The van der Waals surface area contributed by atoms with Crippen LogP contribution in [0.15, 0.2) is 90.5 Å². The largest absolute Gasteiger partial charge is 0.504 e. The average Bonchev–Trinajstić information content (AvgIpc) is 3.38. The molecule has 0 spiro atoms. The highest BCUT2D eigenvalue weighted by atomic mass is 16.5. The molecule has 8 heteroatoms. The van der Waals surface area contributed by atoms with Crippen LogP contribution in [0.3, 0.4) is 0 Å². The van der Waals surface area contributed by atoms with Crippen molar-refractivity contribution < 1.29 is 29.0 Å². The van der Waals surface area contributed by atoms with Crippen LogP contribution in [-0.4, -0.2) is 35.8 Å². The number of fused-ring (bicyclic) bond motifs is 4. The molecule has 0 aromatic heterocycles. The van der Waals surface area contributed by atoms with Gasteiger partial charge in [0.1, 0.15) is 0 Å². The summed E-state index contributed by atoms with van der Waals surface area (Å²) in [7, 11) is 1.46. The molecular weight excluding hydrogens is 532 g/mol. The van der Waals surface area contributed by atoms with Crippen molar-refractivity contribution in [2.24, 2.45) is 29.1 Å². The Kier molecular flexibility index (Phi) is 5.87. The van der Waals surface area contributed by atoms with Crippen molar-refractivity contribution in [2.75, 3.05) is 16.9 Å². The minimum absolute atomic E-state index is 0.0391. The van der Waals surface area contributed by atoms with Gasteiger partial charge in [-0.3, -0.25) is 24.1 Å². The maximum atomic E-state index is 14.4. The summed E-state index contributed by atoms with van der Waals surface area (Å²) >= 11 is 0. The smallest absolute Gasteiger partial charge is 0.241 e. The van der Waals surface area contributed by atoms with Gasteiger partial charge in [0, 0.05) is 5.92 Å². The molecule has 212 valence electrons. The summed E-state index contributed by atoms with van der Waals surface area (Å²) < 4.78 is 5.42. The summed E-state index contributed by atoms with van der Waals surface area (Å²) in [5.74, 6) is -3.78. The van der Waals surface area contributed by atoms with Gasteiger partial charge in [-0.05, 0) is 67.6 Å². The molecule has 1 N–H and O–H groups in total. The van der Waals surface area contributed by atoms with Crippen molar-refractivity contribution >= 4 is 35.0 Å². The van der Waals surface area contributed by atoms with Crippen molar-refractivity contribution in [3.8, 4) is 11.5 Å². The molecule has 3 aromatic carbocycles. The van der Waals surface area contributed by atoms with Gasteiger partial charge in [0.2, 0.25) is 23.6 Å². The van der Waals surface area contributed by atoms with E-state index in [-0.39, 0.29) is 41.5 Å². The molecule has 1 saturated carbocycles. The molecule has 0 radical (unpaired) electrons. The molecule has 2 aliphatic carbocycles. The zero-order chi connectivity index (χ0) is 29.3. The lowest BCUT2D eigenvalue weighted by molar-refractivity contribution is -0.131. The van der Waals surface area contributed by atoms with Crippen LogP contribution < -0.4 is 14.5 Å². The van der Waals surface area contributed by atoms with E-state index in [0.29, 0.717) is 23.4 Å². The van der Waals surface area contributed by atoms with E-state index < -0.39 is 35.0 Å². The number of carbonyl (C=O) groups is 4. The second kappa shape index (κ2) is 9.41. The molecule has 4 amide bonds. The number of ether oxygens (including phenoxy) is 1. The SMILES string of the molecule is COc1cc([C@H]2C3=CC[C@@H]4C(=O)N(c5ccccc5)C(=O)[C@@H]4[C@@H]3C[C@H]3C(=O)N(c4ccccc4)C(=O)[C@@]23C)ccc1O. The lowest BCUT2D eigenvalue weighted by atomic mass is 9.51. The molecule has 4 aliphatic rings. The van der Waals surface area contributed by atoms with Gasteiger partial charge in [0.05, 0.1) is 41.7 Å². The number of aromatic hydroxyl groups is 1. The van der Waals surface area contributed by atoms with Gasteiger partial charge in [-0.15, -0.1) is 0 Å². The van der Waals surface area contributed by atoms with Crippen LogP contribution in [0.1, 0.15) is 31.2 Å². The van der Waals surface area contributed by atoms with Crippen LogP contribution in [0.2, 0.25) is 0 Å². The number of para-hydroxylation sites is 2. The van der Waals surface area contributed by atoms with Crippen molar-refractivity contribution in [2.45, 2.75) is 25.7 Å². The van der Waals surface area contributed by atoms with E-state index >= 15 is 0 Å². The molecular formula is C34H30N2O6. The zero-order valence-corrected chi connectivity index (χ0v) is 23.3. The topological polar surface area (TPSA) is 104 Å². The summed E-state index contributed by atoms with van der Waals surface area (Å²) in [6.07, 6.45) is 2.66. The fourth-order valence-electron chi connectivity index (χ4n) is 7.92. The molecule has 2 heterocycles. The third-order valence-electron chi connectivity index (χ3n) is 9.84. The first-order valence-corrected chi connectivity index (χ1v) is 14.2. The van der Waals surface area contributed by atoms with Gasteiger partial charge >= 0.3 is 0 Å². The Morgan fingerprint density at radius 2 is 1.45 bits per heavy atom. The second-order valence-corrected chi connectivity index (χ2v) is 11.8. The number of imide groups is 2. The number of phenols is 1.